The average Bonchev–Trinajstić information content (AvgIpc) is 2.37. The van der Waals surface area contributed by atoms with E-state index in [0.29, 0.717) is 12.1 Å². The molecule has 1 atom stereocenters. The molecule has 0 bridgehead atoms. The number of hydrogen-bond acceptors (Lipinski definition) is 5. The molecule has 0 unspecified atom stereocenters. The summed E-state index contributed by atoms with van der Waals surface area (Å²) >= 11 is 0. The molecule has 6 heteroatoms. The number of nitrogens with one attached hydrogen (secondary N) is 2. The van der Waals surface area contributed by atoms with E-state index in [4.69, 9.17) is 4.74 Å². The molecule has 1 aromatic rings. The quantitative estimate of drug-likeness (QED) is 0.590. The summed E-state index contributed by atoms with van der Waals surface area (Å²) in [5, 5.41) is 5.63. The number of ketones is 1. The van der Waals surface area contributed by atoms with Crippen molar-refractivity contribution in [1.82, 2.24) is 0 Å². The van der Waals surface area contributed by atoms with Gasteiger partial charge < -0.3 is 15.4 Å². The first kappa shape index (κ1) is 16.7. The fourth-order valence-electron chi connectivity index (χ4n) is 2.17. The van der Waals surface area contributed by atoms with Crippen molar-refractivity contribution in [3.05, 3.63) is 23.3 Å². The average molecular weight is 292 g/mol. The Hall–Kier alpha value is -2.37. The minimum Gasteiger partial charge on any atom is -0.454 e. The van der Waals surface area contributed by atoms with Crippen LogP contribution in [0.15, 0.2) is 12.1 Å². The van der Waals surface area contributed by atoms with Crippen LogP contribution in [0.3, 0.4) is 0 Å². The lowest BCUT2D eigenvalue weighted by molar-refractivity contribution is -0.152. The van der Waals surface area contributed by atoms with Crippen molar-refractivity contribution in [2.75, 3.05) is 17.7 Å². The third-order valence-electron chi connectivity index (χ3n) is 3.04. The lowest BCUT2D eigenvalue weighted by Gasteiger charge is -2.17. The fourth-order valence-corrected chi connectivity index (χ4v) is 2.17. The molecule has 0 aliphatic rings. The number of amides is 1. The van der Waals surface area contributed by atoms with Crippen LogP contribution >= 0.6 is 0 Å². The second-order valence-electron chi connectivity index (χ2n) is 4.76. The molecule has 6 nitrogen and oxygen atoms in total. The first-order valence-electron chi connectivity index (χ1n) is 6.58. The van der Waals surface area contributed by atoms with Gasteiger partial charge in [0.1, 0.15) is 0 Å². The van der Waals surface area contributed by atoms with Gasteiger partial charge >= 0.3 is 5.97 Å². The van der Waals surface area contributed by atoms with E-state index in [1.807, 2.05) is 13.0 Å². The van der Waals surface area contributed by atoms with Crippen LogP contribution in [0.2, 0.25) is 0 Å². The summed E-state index contributed by atoms with van der Waals surface area (Å²) in [6.45, 7) is 4.54. The molecule has 1 rings (SSSR count). The van der Waals surface area contributed by atoms with Crippen molar-refractivity contribution >= 4 is 29.5 Å². The van der Waals surface area contributed by atoms with Crippen LogP contribution in [0.4, 0.5) is 11.4 Å². The van der Waals surface area contributed by atoms with Crippen molar-refractivity contribution in [3.63, 3.8) is 0 Å². The Bertz CT molecular complexity index is 555. The summed E-state index contributed by atoms with van der Waals surface area (Å²) in [5.74, 6) is -0.713. The van der Waals surface area contributed by atoms with Gasteiger partial charge in [-0.3, -0.25) is 14.4 Å². The van der Waals surface area contributed by atoms with Crippen LogP contribution in [0, 0.1) is 6.92 Å². The number of aryl methyl sites for hydroxylation is 1. The highest BCUT2D eigenvalue weighted by Crippen LogP contribution is 2.28. The molecule has 0 heterocycles. The Morgan fingerprint density at radius 2 is 2.00 bits per heavy atom. The van der Waals surface area contributed by atoms with Crippen LogP contribution < -0.4 is 10.6 Å². The second-order valence-corrected chi connectivity index (χ2v) is 4.76. The first-order chi connectivity index (χ1) is 9.88. The van der Waals surface area contributed by atoms with Crippen LogP contribution in [-0.4, -0.2) is 31.3 Å². The van der Waals surface area contributed by atoms with Crippen LogP contribution in [0.5, 0.6) is 0 Å². The number of rotatable bonds is 7. The van der Waals surface area contributed by atoms with Crippen molar-refractivity contribution in [2.24, 2.45) is 0 Å². The maximum Gasteiger partial charge on any atom is 0.303 e. The molecule has 1 aromatic carbocycles. The summed E-state index contributed by atoms with van der Waals surface area (Å²) < 4.78 is 5.02. The highest BCUT2D eigenvalue weighted by atomic mass is 16.5. The molecule has 21 heavy (non-hydrogen) atoms. The number of esters is 1. The Balaban J connectivity index is 3.09. The molecule has 0 fully saturated rings. The highest BCUT2D eigenvalue weighted by Gasteiger charge is 2.19. The van der Waals surface area contributed by atoms with Gasteiger partial charge in [0.15, 0.2) is 11.9 Å². The zero-order valence-corrected chi connectivity index (χ0v) is 12.6. The maximum atomic E-state index is 11.5. The standard InChI is InChI=1S/C15H20N2O4/c1-9-5-12(6-13(17-8-18)15(9)16-4)7-14(10(2)19)21-11(3)20/h5-6,8,14,16H,7H2,1-4H3,(H,17,18)/t14-/m1/s1. The molecule has 0 saturated carbocycles. The third-order valence-corrected chi connectivity index (χ3v) is 3.04. The topological polar surface area (TPSA) is 84.5 Å². The number of hydrogen-bond donors (Lipinski definition) is 2. The van der Waals surface area contributed by atoms with E-state index in [-0.39, 0.29) is 12.2 Å². The van der Waals surface area contributed by atoms with Crippen molar-refractivity contribution in [1.29, 1.82) is 0 Å². The number of anilines is 2. The molecule has 0 radical (unpaired) electrons. The molecular weight excluding hydrogens is 272 g/mol. The highest BCUT2D eigenvalue weighted by molar-refractivity contribution is 5.85. The van der Waals surface area contributed by atoms with E-state index in [9.17, 15) is 14.4 Å². The summed E-state index contributed by atoms with van der Waals surface area (Å²) in [7, 11) is 1.76. The number of carbonyl (C=O) groups excluding carboxylic acids is 3. The zero-order valence-electron chi connectivity index (χ0n) is 12.6. The van der Waals surface area contributed by atoms with Gasteiger partial charge in [-0.1, -0.05) is 6.07 Å². The molecular formula is C15H20N2O4. The largest absolute Gasteiger partial charge is 0.454 e. The molecule has 114 valence electrons. The predicted molar refractivity (Wildman–Crippen MR) is 80.4 cm³/mol. The molecule has 0 saturated heterocycles. The number of benzene rings is 1. The van der Waals surface area contributed by atoms with Gasteiger partial charge in [0.25, 0.3) is 0 Å². The molecule has 1 amide bonds. The van der Waals surface area contributed by atoms with Crippen LogP contribution in [0.1, 0.15) is 25.0 Å². The molecule has 0 spiro atoms. The summed E-state index contributed by atoms with van der Waals surface area (Å²) in [6.07, 6.45) is 0.0488. The van der Waals surface area contributed by atoms with Gasteiger partial charge in [-0.25, -0.2) is 0 Å². The normalized spacial score (nSPS) is 11.4. The Morgan fingerprint density at radius 3 is 2.48 bits per heavy atom. The molecule has 0 aliphatic carbocycles. The minimum atomic E-state index is -0.814. The zero-order chi connectivity index (χ0) is 16.0. The smallest absolute Gasteiger partial charge is 0.303 e. The SMILES string of the molecule is CNc1c(C)cc(C[C@@H](OC(C)=O)C(C)=O)cc1NC=O. The van der Waals surface area contributed by atoms with Gasteiger partial charge in [-0.15, -0.1) is 0 Å². The van der Waals surface area contributed by atoms with Crippen LogP contribution in [-0.2, 0) is 25.5 Å². The molecule has 2 N–H and O–H groups in total. The summed E-state index contributed by atoms with van der Waals surface area (Å²) in [4.78, 5) is 33.3. The van der Waals surface area contributed by atoms with E-state index in [2.05, 4.69) is 10.6 Å². The van der Waals surface area contributed by atoms with Gasteiger partial charge in [0.05, 0.1) is 11.4 Å². The second kappa shape index (κ2) is 7.42. The molecule has 0 aromatic heterocycles. The van der Waals surface area contributed by atoms with Gasteiger partial charge in [-0.05, 0) is 31.0 Å². The summed E-state index contributed by atoms with van der Waals surface area (Å²) in [5.41, 5.74) is 3.15. The predicted octanol–water partition coefficient (Wildman–Crippen LogP) is 1.67. The van der Waals surface area contributed by atoms with Crippen molar-refractivity contribution in [2.45, 2.75) is 33.3 Å². The van der Waals surface area contributed by atoms with Gasteiger partial charge in [0.2, 0.25) is 6.41 Å². The third kappa shape index (κ3) is 4.59. The Kier molecular flexibility index (Phi) is 5.90. The van der Waals surface area contributed by atoms with Crippen LogP contribution in [0.25, 0.3) is 0 Å². The number of Topliss-reactive ketones (excluding diaryl/α,β-unsaturated/α-hetero) is 1. The monoisotopic (exact) mass is 292 g/mol. The number of ether oxygens (including phenoxy) is 1. The van der Waals surface area contributed by atoms with Gasteiger partial charge in [0, 0.05) is 20.4 Å². The Morgan fingerprint density at radius 1 is 1.33 bits per heavy atom. The van der Waals surface area contributed by atoms with E-state index in [0.717, 1.165) is 16.8 Å². The maximum absolute atomic E-state index is 11.5. The van der Waals surface area contributed by atoms with E-state index in [1.165, 1.54) is 13.8 Å². The van der Waals surface area contributed by atoms with E-state index >= 15 is 0 Å². The minimum absolute atomic E-state index is 0.217. The lowest BCUT2D eigenvalue weighted by Crippen LogP contribution is -2.26. The number of carbonyl (C=O) groups is 3. The van der Waals surface area contributed by atoms with Gasteiger partial charge in [-0.2, -0.15) is 0 Å². The van der Waals surface area contributed by atoms with Crippen molar-refractivity contribution < 1.29 is 19.1 Å². The van der Waals surface area contributed by atoms with E-state index in [1.54, 1.807) is 13.1 Å². The fraction of sp³-hybridized carbons (Fsp3) is 0.400. The molecule has 0 aliphatic heterocycles. The van der Waals surface area contributed by atoms with Crippen molar-refractivity contribution in [3.8, 4) is 0 Å². The Labute approximate surface area is 123 Å². The first-order valence-corrected chi connectivity index (χ1v) is 6.58. The summed E-state index contributed by atoms with van der Waals surface area (Å²) in [6, 6.07) is 3.65. The lowest BCUT2D eigenvalue weighted by atomic mass is 10.0. The van der Waals surface area contributed by atoms with E-state index < -0.39 is 12.1 Å².